The highest BCUT2D eigenvalue weighted by Gasteiger charge is 2.30. The molecule has 14 heteroatoms. The van der Waals surface area contributed by atoms with E-state index in [2.05, 4.69) is 36.7 Å². The maximum atomic E-state index is 13.5. The fourth-order valence-corrected chi connectivity index (χ4v) is 6.29. The summed E-state index contributed by atoms with van der Waals surface area (Å²) in [6.45, 7) is 0.919. The Morgan fingerprint density at radius 2 is 2.13 bits per heavy atom. The molecule has 236 valence electrons. The Labute approximate surface area is 262 Å². The second kappa shape index (κ2) is 11.8. The molecule has 0 bridgehead atoms. The number of carbonyl (C=O) groups is 2. The quantitative estimate of drug-likeness (QED) is 0.225. The van der Waals surface area contributed by atoms with Crippen LogP contribution in [-0.4, -0.2) is 83.3 Å². The SMILES string of the molecule is Cn1c(-c2cc3cccc(OCCn4ncnc4C#N)c3n2CC2CC2)nc2cc3c(cc21)CCN(C[C@@H](CF)NC(=O)O)C3=O. The van der Waals surface area contributed by atoms with Crippen LogP contribution in [0.4, 0.5) is 9.18 Å². The van der Waals surface area contributed by atoms with Gasteiger partial charge in [-0.1, -0.05) is 12.1 Å². The van der Waals surface area contributed by atoms with Gasteiger partial charge in [0.1, 0.15) is 31.4 Å². The number of halogens is 1. The second-order valence-corrected chi connectivity index (χ2v) is 11.8. The first kappa shape index (κ1) is 29.3. The molecule has 2 N–H and O–H groups in total. The summed E-state index contributed by atoms with van der Waals surface area (Å²) in [5, 5.41) is 25.5. The lowest BCUT2D eigenvalue weighted by Crippen LogP contribution is -2.48. The highest BCUT2D eigenvalue weighted by atomic mass is 19.1. The highest BCUT2D eigenvalue weighted by Crippen LogP contribution is 2.39. The van der Waals surface area contributed by atoms with E-state index in [1.165, 1.54) is 15.9 Å². The minimum absolute atomic E-state index is 0.0451. The first-order valence-electron chi connectivity index (χ1n) is 15.2. The van der Waals surface area contributed by atoms with Crippen LogP contribution in [0.25, 0.3) is 33.5 Å². The average Bonchev–Trinajstić information content (AvgIpc) is 3.48. The number of hydrogen-bond acceptors (Lipinski definition) is 7. The Morgan fingerprint density at radius 3 is 2.89 bits per heavy atom. The Balaban J connectivity index is 1.22. The van der Waals surface area contributed by atoms with Crippen molar-refractivity contribution in [2.75, 3.05) is 26.4 Å². The van der Waals surface area contributed by atoms with Crippen LogP contribution in [-0.2, 0) is 26.6 Å². The number of imidazole rings is 1. The van der Waals surface area contributed by atoms with Crippen molar-refractivity contribution in [3.63, 3.8) is 0 Å². The van der Waals surface area contributed by atoms with Gasteiger partial charge in [0.25, 0.3) is 5.91 Å². The monoisotopic (exact) mass is 625 g/mol. The molecule has 3 aromatic heterocycles. The fraction of sp³-hybridized carbons (Fsp3) is 0.375. The van der Waals surface area contributed by atoms with Gasteiger partial charge in [0.05, 0.1) is 34.8 Å². The molecule has 1 aliphatic carbocycles. The van der Waals surface area contributed by atoms with E-state index in [-0.39, 0.29) is 18.3 Å². The van der Waals surface area contributed by atoms with Crippen molar-refractivity contribution >= 4 is 33.9 Å². The normalized spacial score (nSPS) is 15.2. The van der Waals surface area contributed by atoms with Crippen molar-refractivity contribution in [2.45, 2.75) is 38.4 Å². The molecule has 1 atom stereocenters. The molecule has 46 heavy (non-hydrogen) atoms. The Hall–Kier alpha value is -5.45. The van der Waals surface area contributed by atoms with Crippen molar-refractivity contribution in [2.24, 2.45) is 13.0 Å². The molecule has 1 saturated carbocycles. The summed E-state index contributed by atoms with van der Waals surface area (Å²) in [5.41, 5.74) is 4.85. The molecule has 5 aromatic rings. The summed E-state index contributed by atoms with van der Waals surface area (Å²) in [4.78, 5) is 35.0. The highest BCUT2D eigenvalue weighted by molar-refractivity contribution is 6.01. The van der Waals surface area contributed by atoms with E-state index in [1.807, 2.05) is 31.3 Å². The molecule has 7 rings (SSSR count). The number of benzene rings is 2. The molecule has 0 radical (unpaired) electrons. The fourth-order valence-electron chi connectivity index (χ4n) is 6.29. The molecular weight excluding hydrogens is 593 g/mol. The minimum Gasteiger partial charge on any atom is -0.489 e. The zero-order valence-electron chi connectivity index (χ0n) is 25.2. The molecular formula is C32H32FN9O4. The summed E-state index contributed by atoms with van der Waals surface area (Å²) in [5.74, 6) is 2.02. The maximum Gasteiger partial charge on any atom is 0.405 e. The van der Waals surface area contributed by atoms with E-state index in [9.17, 15) is 19.2 Å². The number of fused-ring (bicyclic) bond motifs is 3. The van der Waals surface area contributed by atoms with Crippen molar-refractivity contribution in [1.82, 2.24) is 39.1 Å². The molecule has 0 saturated heterocycles. The van der Waals surface area contributed by atoms with Crippen molar-refractivity contribution in [1.29, 1.82) is 5.26 Å². The summed E-state index contributed by atoms with van der Waals surface area (Å²) in [6.07, 6.45) is 2.91. The van der Waals surface area contributed by atoms with Crippen LogP contribution in [0.5, 0.6) is 5.75 Å². The van der Waals surface area contributed by atoms with Gasteiger partial charge in [-0.3, -0.25) is 4.79 Å². The van der Waals surface area contributed by atoms with Crippen LogP contribution in [0.3, 0.4) is 0 Å². The summed E-state index contributed by atoms with van der Waals surface area (Å²) in [6, 6.07) is 12.9. The number of aromatic nitrogens is 6. The lowest BCUT2D eigenvalue weighted by atomic mass is 9.97. The van der Waals surface area contributed by atoms with Gasteiger partial charge in [-0.25, -0.2) is 23.8 Å². The van der Waals surface area contributed by atoms with Gasteiger partial charge in [-0.2, -0.15) is 10.4 Å². The predicted octanol–water partition coefficient (Wildman–Crippen LogP) is 3.75. The van der Waals surface area contributed by atoms with Crippen LogP contribution in [0.1, 0.15) is 34.6 Å². The molecule has 1 fully saturated rings. The van der Waals surface area contributed by atoms with Crippen LogP contribution >= 0.6 is 0 Å². The summed E-state index contributed by atoms with van der Waals surface area (Å²) >= 11 is 0. The molecule has 0 unspecified atom stereocenters. The lowest BCUT2D eigenvalue weighted by Gasteiger charge is -2.31. The third-order valence-electron chi connectivity index (χ3n) is 8.76. The van der Waals surface area contributed by atoms with Gasteiger partial charge in [-0.05, 0) is 55.0 Å². The number of carbonyl (C=O) groups excluding carboxylic acids is 1. The number of hydrogen-bond donors (Lipinski definition) is 2. The molecule has 2 aromatic carbocycles. The van der Waals surface area contributed by atoms with Crippen LogP contribution < -0.4 is 10.1 Å². The van der Waals surface area contributed by atoms with Crippen molar-refractivity contribution in [3.8, 4) is 23.3 Å². The van der Waals surface area contributed by atoms with Crippen molar-refractivity contribution < 1.29 is 23.8 Å². The van der Waals surface area contributed by atoms with Crippen molar-refractivity contribution in [3.05, 3.63) is 59.7 Å². The lowest BCUT2D eigenvalue weighted by molar-refractivity contribution is 0.0714. The van der Waals surface area contributed by atoms with E-state index >= 15 is 0 Å². The number of amides is 2. The minimum atomic E-state index is -1.33. The number of nitrogens with one attached hydrogen (secondary N) is 1. The molecule has 2 amide bonds. The largest absolute Gasteiger partial charge is 0.489 e. The number of ether oxygens (including phenoxy) is 1. The number of para-hydroxylation sites is 1. The summed E-state index contributed by atoms with van der Waals surface area (Å²) in [7, 11) is 1.97. The predicted molar refractivity (Wildman–Crippen MR) is 165 cm³/mol. The first-order valence-corrected chi connectivity index (χ1v) is 15.2. The Morgan fingerprint density at radius 1 is 1.28 bits per heavy atom. The van der Waals surface area contributed by atoms with E-state index in [0.29, 0.717) is 43.1 Å². The standard InChI is InChI=1S/C32H32FN9O4/c1-39-25-11-20-7-8-40(17-22(14-33)37-32(44)45)31(43)23(20)13-24(25)38-30(39)26-12-21-3-2-4-27(29(21)41(26)16-19-5-6-19)46-10-9-42-28(15-34)35-18-36-42/h2-4,11-13,18-19,22,37H,5-10,14,16-17H2,1H3,(H,44,45)/t22-/m1/s1. The van der Waals surface area contributed by atoms with Crippen LogP contribution in [0, 0.1) is 17.2 Å². The van der Waals surface area contributed by atoms with Gasteiger partial charge in [0.15, 0.2) is 5.82 Å². The maximum absolute atomic E-state index is 13.5. The third-order valence-corrected chi connectivity index (χ3v) is 8.76. The second-order valence-electron chi connectivity index (χ2n) is 11.8. The zero-order valence-corrected chi connectivity index (χ0v) is 25.2. The van der Waals surface area contributed by atoms with Gasteiger partial charge in [0, 0.05) is 37.6 Å². The number of alkyl halides is 1. The van der Waals surface area contributed by atoms with Crippen LogP contribution in [0.2, 0.25) is 0 Å². The number of aryl methyl sites for hydroxylation is 1. The number of rotatable bonds is 11. The summed E-state index contributed by atoms with van der Waals surface area (Å²) < 4.78 is 25.6. The van der Waals surface area contributed by atoms with E-state index in [4.69, 9.17) is 14.8 Å². The van der Waals surface area contributed by atoms with Gasteiger partial charge < -0.3 is 29.2 Å². The van der Waals surface area contributed by atoms with E-state index < -0.39 is 18.8 Å². The first-order chi connectivity index (χ1) is 22.3. The van der Waals surface area contributed by atoms with Gasteiger partial charge in [0.2, 0.25) is 5.82 Å². The van der Waals surface area contributed by atoms with Gasteiger partial charge in [-0.15, -0.1) is 0 Å². The Kier molecular flexibility index (Phi) is 7.51. The number of nitrogens with zero attached hydrogens (tertiary/aromatic N) is 8. The molecule has 1 aliphatic heterocycles. The van der Waals surface area contributed by atoms with Gasteiger partial charge >= 0.3 is 6.09 Å². The average molecular weight is 626 g/mol. The van der Waals surface area contributed by atoms with E-state index in [0.717, 1.165) is 58.6 Å². The smallest absolute Gasteiger partial charge is 0.405 e. The molecule has 13 nitrogen and oxygen atoms in total. The molecule has 2 aliphatic rings. The third kappa shape index (κ3) is 5.38. The van der Waals surface area contributed by atoms with E-state index in [1.54, 1.807) is 6.07 Å². The van der Waals surface area contributed by atoms with Crippen LogP contribution in [0.15, 0.2) is 42.7 Å². The number of nitriles is 1. The number of carboxylic acid groups (broad SMARTS) is 1. The Bertz CT molecular complexity index is 2020. The topological polar surface area (TPSA) is 156 Å². The molecule has 4 heterocycles. The zero-order chi connectivity index (χ0) is 31.9. The molecule has 0 spiro atoms.